The van der Waals surface area contributed by atoms with E-state index in [1.807, 2.05) is 0 Å². The van der Waals surface area contributed by atoms with Crippen LogP contribution in [0.15, 0.2) is 0 Å². The second-order valence-electron chi connectivity index (χ2n) is 3.61. The SMILES string of the molecule is CC1C(=O)NCC(=O)N1CCS(C)(=O)=O. The van der Waals surface area contributed by atoms with Crippen LogP contribution < -0.4 is 5.32 Å². The fourth-order valence-corrected chi connectivity index (χ4v) is 1.88. The first-order valence-electron chi connectivity index (χ1n) is 4.56. The van der Waals surface area contributed by atoms with Gasteiger partial charge in [0.2, 0.25) is 11.8 Å². The summed E-state index contributed by atoms with van der Waals surface area (Å²) in [5, 5.41) is 2.43. The topological polar surface area (TPSA) is 83.6 Å². The molecule has 1 rings (SSSR count). The largest absolute Gasteiger partial charge is 0.345 e. The summed E-state index contributed by atoms with van der Waals surface area (Å²) in [5.41, 5.74) is 0. The zero-order valence-electron chi connectivity index (χ0n) is 8.69. The summed E-state index contributed by atoms with van der Waals surface area (Å²) in [5.74, 6) is -0.607. The van der Waals surface area contributed by atoms with E-state index in [0.29, 0.717) is 0 Å². The van der Waals surface area contributed by atoms with E-state index in [1.165, 1.54) is 4.90 Å². The molecule has 7 heteroatoms. The van der Waals surface area contributed by atoms with E-state index in [-0.39, 0.29) is 30.7 Å². The molecule has 0 spiro atoms. The van der Waals surface area contributed by atoms with Gasteiger partial charge in [0.15, 0.2) is 0 Å². The van der Waals surface area contributed by atoms with Crippen LogP contribution >= 0.6 is 0 Å². The first-order chi connectivity index (χ1) is 6.81. The lowest BCUT2D eigenvalue weighted by Crippen LogP contribution is -2.57. The molecule has 6 nitrogen and oxygen atoms in total. The molecular formula is C8H14N2O4S. The van der Waals surface area contributed by atoms with E-state index in [0.717, 1.165) is 6.26 Å². The minimum Gasteiger partial charge on any atom is -0.345 e. The first-order valence-corrected chi connectivity index (χ1v) is 6.62. The summed E-state index contributed by atoms with van der Waals surface area (Å²) >= 11 is 0. The Kier molecular flexibility index (Phi) is 3.33. The van der Waals surface area contributed by atoms with Crippen molar-refractivity contribution in [3.05, 3.63) is 0 Å². The van der Waals surface area contributed by atoms with Crippen LogP contribution in [0.25, 0.3) is 0 Å². The van der Waals surface area contributed by atoms with Gasteiger partial charge in [-0.3, -0.25) is 9.59 Å². The second kappa shape index (κ2) is 4.18. The Hall–Kier alpha value is -1.11. The second-order valence-corrected chi connectivity index (χ2v) is 5.87. The number of nitrogens with zero attached hydrogens (tertiary/aromatic N) is 1. The van der Waals surface area contributed by atoms with Gasteiger partial charge in [-0.05, 0) is 6.92 Å². The summed E-state index contributed by atoms with van der Waals surface area (Å²) < 4.78 is 21.9. The minimum atomic E-state index is -3.11. The molecule has 0 aromatic carbocycles. The molecule has 0 aromatic rings. The fourth-order valence-electron chi connectivity index (χ4n) is 1.35. The average Bonchev–Trinajstić information content (AvgIpc) is 2.10. The van der Waals surface area contributed by atoms with Crippen molar-refractivity contribution in [2.75, 3.05) is 25.1 Å². The van der Waals surface area contributed by atoms with Gasteiger partial charge in [-0.1, -0.05) is 0 Å². The molecule has 0 bridgehead atoms. The molecule has 1 unspecified atom stereocenters. The Morgan fingerprint density at radius 2 is 2.07 bits per heavy atom. The van der Waals surface area contributed by atoms with E-state index in [2.05, 4.69) is 5.32 Å². The van der Waals surface area contributed by atoms with Gasteiger partial charge < -0.3 is 10.2 Å². The highest BCUT2D eigenvalue weighted by atomic mass is 32.2. The molecule has 15 heavy (non-hydrogen) atoms. The number of hydrogen-bond donors (Lipinski definition) is 1. The lowest BCUT2D eigenvalue weighted by Gasteiger charge is -2.32. The summed E-state index contributed by atoms with van der Waals surface area (Å²) in [6.45, 7) is 1.61. The van der Waals surface area contributed by atoms with Gasteiger partial charge >= 0.3 is 0 Å². The van der Waals surface area contributed by atoms with Crippen LogP contribution in [0.2, 0.25) is 0 Å². The quantitative estimate of drug-likeness (QED) is 0.636. The van der Waals surface area contributed by atoms with Crippen LogP contribution in [0, 0.1) is 0 Å². The smallest absolute Gasteiger partial charge is 0.242 e. The van der Waals surface area contributed by atoms with Gasteiger partial charge in [0, 0.05) is 12.8 Å². The molecule has 0 aromatic heterocycles. The molecule has 1 aliphatic heterocycles. The Labute approximate surface area is 88.5 Å². The maximum Gasteiger partial charge on any atom is 0.242 e. The highest BCUT2D eigenvalue weighted by molar-refractivity contribution is 7.90. The van der Waals surface area contributed by atoms with E-state index >= 15 is 0 Å². The van der Waals surface area contributed by atoms with Crippen LogP contribution in [0.5, 0.6) is 0 Å². The van der Waals surface area contributed by atoms with Gasteiger partial charge in [0.1, 0.15) is 15.9 Å². The first kappa shape index (κ1) is 12.0. The molecule has 1 N–H and O–H groups in total. The highest BCUT2D eigenvalue weighted by Gasteiger charge is 2.30. The molecule has 1 saturated heterocycles. The number of amides is 2. The Morgan fingerprint density at radius 3 is 2.60 bits per heavy atom. The predicted octanol–water partition coefficient (Wildman–Crippen LogP) is -1.62. The monoisotopic (exact) mass is 234 g/mol. The number of piperazine rings is 1. The third-order valence-corrected chi connectivity index (χ3v) is 3.21. The Balaban J connectivity index is 2.66. The molecule has 1 atom stereocenters. The van der Waals surface area contributed by atoms with Crippen molar-refractivity contribution >= 4 is 21.7 Å². The number of rotatable bonds is 3. The van der Waals surface area contributed by atoms with Crippen molar-refractivity contribution in [1.82, 2.24) is 10.2 Å². The molecule has 1 heterocycles. The van der Waals surface area contributed by atoms with E-state index in [9.17, 15) is 18.0 Å². The van der Waals surface area contributed by atoms with Crippen molar-refractivity contribution in [3.8, 4) is 0 Å². The van der Waals surface area contributed by atoms with Crippen molar-refractivity contribution in [2.24, 2.45) is 0 Å². The van der Waals surface area contributed by atoms with Crippen LogP contribution in [0.4, 0.5) is 0 Å². The van der Waals surface area contributed by atoms with Gasteiger partial charge in [-0.15, -0.1) is 0 Å². The summed E-state index contributed by atoms with van der Waals surface area (Å²) in [4.78, 5) is 23.9. The molecule has 2 amide bonds. The van der Waals surface area contributed by atoms with E-state index < -0.39 is 15.9 Å². The molecule has 0 saturated carbocycles. The van der Waals surface area contributed by atoms with Crippen molar-refractivity contribution in [1.29, 1.82) is 0 Å². The number of nitrogens with one attached hydrogen (secondary N) is 1. The fraction of sp³-hybridized carbons (Fsp3) is 0.750. The normalized spacial score (nSPS) is 22.8. The van der Waals surface area contributed by atoms with Gasteiger partial charge in [-0.25, -0.2) is 8.42 Å². The maximum atomic E-state index is 11.4. The zero-order chi connectivity index (χ0) is 11.6. The molecule has 0 radical (unpaired) electrons. The Bertz CT molecular complexity index is 376. The van der Waals surface area contributed by atoms with E-state index in [4.69, 9.17) is 0 Å². The maximum absolute atomic E-state index is 11.4. The predicted molar refractivity (Wildman–Crippen MR) is 53.9 cm³/mol. The van der Waals surface area contributed by atoms with Crippen molar-refractivity contribution < 1.29 is 18.0 Å². The van der Waals surface area contributed by atoms with Crippen molar-refractivity contribution in [2.45, 2.75) is 13.0 Å². The van der Waals surface area contributed by atoms with Gasteiger partial charge in [-0.2, -0.15) is 0 Å². The lowest BCUT2D eigenvalue weighted by atomic mass is 10.2. The summed E-state index contributed by atoms with van der Waals surface area (Å²) in [6.07, 6.45) is 1.10. The number of carbonyl (C=O) groups excluding carboxylic acids is 2. The van der Waals surface area contributed by atoms with Gasteiger partial charge in [0.05, 0.1) is 12.3 Å². The molecular weight excluding hydrogens is 220 g/mol. The number of sulfone groups is 1. The number of carbonyl (C=O) groups is 2. The van der Waals surface area contributed by atoms with Crippen LogP contribution in [-0.4, -0.2) is 56.3 Å². The standard InChI is InChI=1S/C8H14N2O4S/c1-6-8(12)9-5-7(11)10(6)3-4-15(2,13)14/h6H,3-5H2,1-2H3,(H,9,12). The molecule has 1 aliphatic rings. The van der Waals surface area contributed by atoms with Crippen molar-refractivity contribution in [3.63, 3.8) is 0 Å². The minimum absolute atomic E-state index is 0.0487. The molecule has 1 fully saturated rings. The zero-order valence-corrected chi connectivity index (χ0v) is 9.50. The highest BCUT2D eigenvalue weighted by Crippen LogP contribution is 2.05. The van der Waals surface area contributed by atoms with Crippen LogP contribution in [0.3, 0.4) is 0 Å². The van der Waals surface area contributed by atoms with Gasteiger partial charge in [0.25, 0.3) is 0 Å². The van der Waals surface area contributed by atoms with E-state index in [1.54, 1.807) is 6.92 Å². The summed E-state index contributed by atoms with van der Waals surface area (Å²) in [7, 11) is -3.11. The lowest BCUT2D eigenvalue weighted by molar-refractivity contribution is -0.144. The van der Waals surface area contributed by atoms with Crippen LogP contribution in [0.1, 0.15) is 6.92 Å². The third-order valence-electron chi connectivity index (χ3n) is 2.28. The van der Waals surface area contributed by atoms with Crippen LogP contribution in [-0.2, 0) is 19.4 Å². The summed E-state index contributed by atoms with van der Waals surface area (Å²) in [6, 6.07) is -0.590. The molecule has 0 aliphatic carbocycles. The molecule has 86 valence electrons. The Morgan fingerprint density at radius 1 is 1.47 bits per heavy atom. The number of hydrogen-bond acceptors (Lipinski definition) is 4. The average molecular weight is 234 g/mol. The third kappa shape index (κ3) is 3.19.